The number of nitrogens with zero attached hydrogens (tertiary/aromatic N) is 1. The fourth-order valence-corrected chi connectivity index (χ4v) is 3.80. The maximum Gasteiger partial charge on any atom is 0.243 e. The van der Waals surface area contributed by atoms with Crippen LogP contribution in [0.4, 0.5) is 5.69 Å². The minimum atomic E-state index is -3.52. The standard InChI is InChI=1S/C14H22N2O2S/c1-5-7-16(8-6-2)19(17,18)14-10-13(15)9-11(3)12(14)4/h5,9-10H,1,6-8,15H2,2-4H3. The summed E-state index contributed by atoms with van der Waals surface area (Å²) in [6, 6.07) is 3.31. The number of hydrogen-bond donors (Lipinski definition) is 1. The molecule has 0 aliphatic heterocycles. The Morgan fingerprint density at radius 1 is 1.37 bits per heavy atom. The molecule has 0 amide bonds. The van der Waals surface area contributed by atoms with Crippen LogP contribution in [0.2, 0.25) is 0 Å². The van der Waals surface area contributed by atoms with E-state index in [0.29, 0.717) is 23.7 Å². The second-order valence-electron chi connectivity index (χ2n) is 4.61. The van der Waals surface area contributed by atoms with Crippen LogP contribution in [0, 0.1) is 13.8 Å². The van der Waals surface area contributed by atoms with Crippen LogP contribution in [-0.4, -0.2) is 25.8 Å². The SMILES string of the molecule is C=CCN(CCC)S(=O)(=O)c1cc(N)cc(C)c1C. The van der Waals surface area contributed by atoms with Gasteiger partial charge in [-0.15, -0.1) is 6.58 Å². The lowest BCUT2D eigenvalue weighted by Crippen LogP contribution is -2.32. The van der Waals surface area contributed by atoms with Crippen molar-refractivity contribution in [1.29, 1.82) is 0 Å². The molecule has 106 valence electrons. The zero-order chi connectivity index (χ0) is 14.6. The second kappa shape index (κ2) is 6.21. The number of rotatable bonds is 6. The number of anilines is 1. The predicted octanol–water partition coefficient (Wildman–Crippen LogP) is 2.47. The smallest absolute Gasteiger partial charge is 0.243 e. The molecule has 1 aromatic rings. The summed E-state index contributed by atoms with van der Waals surface area (Å²) < 4.78 is 26.8. The molecule has 0 fully saturated rings. The minimum absolute atomic E-state index is 0.292. The van der Waals surface area contributed by atoms with Gasteiger partial charge in [-0.25, -0.2) is 8.42 Å². The molecule has 5 heteroatoms. The van der Waals surface area contributed by atoms with Crippen molar-refractivity contribution in [2.24, 2.45) is 0 Å². The van der Waals surface area contributed by atoms with E-state index < -0.39 is 10.0 Å². The van der Waals surface area contributed by atoms with Crippen LogP contribution in [0.1, 0.15) is 24.5 Å². The fraction of sp³-hybridized carbons (Fsp3) is 0.429. The van der Waals surface area contributed by atoms with Crippen molar-refractivity contribution in [3.63, 3.8) is 0 Å². The highest BCUT2D eigenvalue weighted by molar-refractivity contribution is 7.89. The Morgan fingerprint density at radius 2 is 2.00 bits per heavy atom. The van der Waals surface area contributed by atoms with Crippen LogP contribution >= 0.6 is 0 Å². The first-order chi connectivity index (χ1) is 8.84. The zero-order valence-electron chi connectivity index (χ0n) is 11.8. The lowest BCUT2D eigenvalue weighted by atomic mass is 10.1. The molecule has 4 nitrogen and oxygen atoms in total. The summed E-state index contributed by atoms with van der Waals surface area (Å²) in [5, 5.41) is 0. The Balaban J connectivity index is 3.36. The van der Waals surface area contributed by atoms with Gasteiger partial charge in [0.15, 0.2) is 0 Å². The van der Waals surface area contributed by atoms with Crippen LogP contribution in [0.15, 0.2) is 29.7 Å². The molecule has 0 aliphatic carbocycles. The third kappa shape index (κ3) is 3.36. The van der Waals surface area contributed by atoms with Gasteiger partial charge in [-0.3, -0.25) is 0 Å². The van der Waals surface area contributed by atoms with Crippen molar-refractivity contribution >= 4 is 15.7 Å². The maximum absolute atomic E-state index is 12.7. The van der Waals surface area contributed by atoms with Gasteiger partial charge in [-0.05, 0) is 43.5 Å². The highest BCUT2D eigenvalue weighted by Crippen LogP contribution is 2.25. The van der Waals surface area contributed by atoms with Crippen molar-refractivity contribution in [3.05, 3.63) is 35.9 Å². The molecule has 0 atom stereocenters. The normalized spacial score (nSPS) is 11.8. The third-order valence-electron chi connectivity index (χ3n) is 3.07. The summed E-state index contributed by atoms with van der Waals surface area (Å²) in [6.07, 6.45) is 2.36. The summed E-state index contributed by atoms with van der Waals surface area (Å²) in [5.74, 6) is 0. The third-order valence-corrected chi connectivity index (χ3v) is 5.06. The molecule has 0 saturated heterocycles. The first-order valence-corrected chi connectivity index (χ1v) is 7.76. The van der Waals surface area contributed by atoms with Gasteiger partial charge in [-0.1, -0.05) is 13.0 Å². The molecule has 0 aromatic heterocycles. The van der Waals surface area contributed by atoms with Gasteiger partial charge in [0, 0.05) is 18.8 Å². The predicted molar refractivity (Wildman–Crippen MR) is 79.6 cm³/mol. The van der Waals surface area contributed by atoms with Crippen molar-refractivity contribution in [3.8, 4) is 0 Å². The van der Waals surface area contributed by atoms with E-state index in [1.807, 2.05) is 13.8 Å². The Labute approximate surface area is 116 Å². The van der Waals surface area contributed by atoms with Crippen molar-refractivity contribution in [2.45, 2.75) is 32.1 Å². The average molecular weight is 282 g/mol. The summed E-state index contributed by atoms with van der Waals surface area (Å²) in [4.78, 5) is 0.292. The molecule has 0 unspecified atom stereocenters. The first-order valence-electron chi connectivity index (χ1n) is 6.32. The molecule has 19 heavy (non-hydrogen) atoms. The number of nitrogens with two attached hydrogens (primary N) is 1. The Bertz CT molecular complexity index is 565. The van der Waals surface area contributed by atoms with Gasteiger partial charge < -0.3 is 5.73 Å². The number of nitrogen functional groups attached to an aromatic ring is 1. The highest BCUT2D eigenvalue weighted by Gasteiger charge is 2.25. The summed E-state index contributed by atoms with van der Waals surface area (Å²) in [6.45, 7) is 10.0. The highest BCUT2D eigenvalue weighted by atomic mass is 32.2. The number of benzene rings is 1. The average Bonchev–Trinajstić information content (AvgIpc) is 2.33. The Morgan fingerprint density at radius 3 is 2.53 bits per heavy atom. The van der Waals surface area contributed by atoms with E-state index in [4.69, 9.17) is 5.73 Å². The van der Waals surface area contributed by atoms with Gasteiger partial charge in [0.2, 0.25) is 10.0 Å². The molecular weight excluding hydrogens is 260 g/mol. The van der Waals surface area contributed by atoms with Gasteiger partial charge >= 0.3 is 0 Å². The molecular formula is C14H22N2O2S. The van der Waals surface area contributed by atoms with Crippen molar-refractivity contribution in [1.82, 2.24) is 4.31 Å². The van der Waals surface area contributed by atoms with Gasteiger partial charge in [0.1, 0.15) is 0 Å². The van der Waals surface area contributed by atoms with Crippen LogP contribution in [0.25, 0.3) is 0 Å². The number of sulfonamides is 1. The molecule has 1 aromatic carbocycles. The minimum Gasteiger partial charge on any atom is -0.399 e. The van der Waals surface area contributed by atoms with Crippen LogP contribution in [0.3, 0.4) is 0 Å². The van der Waals surface area contributed by atoms with E-state index >= 15 is 0 Å². The van der Waals surface area contributed by atoms with Crippen molar-refractivity contribution < 1.29 is 8.42 Å². The lowest BCUT2D eigenvalue weighted by molar-refractivity contribution is 0.441. The van der Waals surface area contributed by atoms with E-state index in [2.05, 4.69) is 6.58 Å². The molecule has 0 aliphatic rings. The van der Waals surface area contributed by atoms with E-state index in [1.54, 1.807) is 19.1 Å². The Hall–Kier alpha value is -1.33. The van der Waals surface area contributed by atoms with Gasteiger partial charge in [0.05, 0.1) is 4.90 Å². The Kier molecular flexibility index (Phi) is 5.14. The molecule has 0 spiro atoms. The van der Waals surface area contributed by atoms with Crippen molar-refractivity contribution in [2.75, 3.05) is 18.8 Å². The molecule has 0 heterocycles. The van der Waals surface area contributed by atoms with Gasteiger partial charge in [-0.2, -0.15) is 4.31 Å². The second-order valence-corrected chi connectivity index (χ2v) is 6.52. The van der Waals surface area contributed by atoms with E-state index in [0.717, 1.165) is 17.5 Å². The molecule has 2 N–H and O–H groups in total. The number of aryl methyl sites for hydroxylation is 1. The maximum atomic E-state index is 12.7. The summed E-state index contributed by atoms with van der Waals surface area (Å²) in [5.41, 5.74) is 7.87. The largest absolute Gasteiger partial charge is 0.399 e. The van der Waals surface area contributed by atoms with E-state index in [-0.39, 0.29) is 0 Å². The van der Waals surface area contributed by atoms with Crippen LogP contribution < -0.4 is 5.73 Å². The van der Waals surface area contributed by atoms with Crippen LogP contribution in [0.5, 0.6) is 0 Å². The van der Waals surface area contributed by atoms with Crippen LogP contribution in [-0.2, 0) is 10.0 Å². The number of hydrogen-bond acceptors (Lipinski definition) is 3. The quantitative estimate of drug-likeness (QED) is 0.644. The topological polar surface area (TPSA) is 63.4 Å². The molecule has 0 saturated carbocycles. The van der Waals surface area contributed by atoms with E-state index in [9.17, 15) is 8.42 Å². The molecule has 0 bridgehead atoms. The lowest BCUT2D eigenvalue weighted by Gasteiger charge is -2.22. The summed E-state index contributed by atoms with van der Waals surface area (Å²) >= 11 is 0. The summed E-state index contributed by atoms with van der Waals surface area (Å²) in [7, 11) is -3.52. The zero-order valence-corrected chi connectivity index (χ0v) is 12.6. The van der Waals surface area contributed by atoms with E-state index in [1.165, 1.54) is 10.4 Å². The fourth-order valence-electron chi connectivity index (χ4n) is 1.96. The first kappa shape index (κ1) is 15.7. The molecule has 0 radical (unpaired) electrons. The van der Waals surface area contributed by atoms with Gasteiger partial charge in [0.25, 0.3) is 0 Å². The molecule has 1 rings (SSSR count). The monoisotopic (exact) mass is 282 g/mol.